The van der Waals surface area contributed by atoms with E-state index in [0.29, 0.717) is 17.0 Å². The molecule has 0 spiro atoms. The summed E-state index contributed by atoms with van der Waals surface area (Å²) in [5, 5.41) is 0. The number of ether oxygens (including phenoxy) is 1. The van der Waals surface area contributed by atoms with Crippen molar-refractivity contribution >= 4 is 5.95 Å². The van der Waals surface area contributed by atoms with Gasteiger partial charge in [-0.25, -0.2) is 9.97 Å². The molecule has 0 aliphatic heterocycles. The van der Waals surface area contributed by atoms with Crippen molar-refractivity contribution < 1.29 is 13.5 Å². The Morgan fingerprint density at radius 1 is 1.22 bits per heavy atom. The van der Waals surface area contributed by atoms with E-state index in [0.717, 1.165) is 0 Å². The number of nitrogens with two attached hydrogens (primary N) is 1. The SMILES string of the molecule is Cc1cc(-c2cccc(OC(F)F)c2)nc(N)n1. The van der Waals surface area contributed by atoms with Gasteiger partial charge in [0.25, 0.3) is 0 Å². The molecule has 0 radical (unpaired) electrons. The molecule has 0 saturated heterocycles. The zero-order chi connectivity index (χ0) is 13.1. The van der Waals surface area contributed by atoms with Gasteiger partial charge >= 0.3 is 6.61 Å². The summed E-state index contributed by atoms with van der Waals surface area (Å²) in [7, 11) is 0. The monoisotopic (exact) mass is 251 g/mol. The molecule has 0 aliphatic rings. The van der Waals surface area contributed by atoms with E-state index in [1.807, 2.05) is 0 Å². The Kier molecular flexibility index (Phi) is 3.36. The van der Waals surface area contributed by atoms with Crippen LogP contribution in [0.25, 0.3) is 11.3 Å². The first-order valence-corrected chi connectivity index (χ1v) is 5.21. The smallest absolute Gasteiger partial charge is 0.387 e. The Bertz CT molecular complexity index is 541. The molecule has 1 aromatic heterocycles. The summed E-state index contributed by atoms with van der Waals surface area (Å²) in [6.07, 6.45) is 0. The maximum atomic E-state index is 12.1. The zero-order valence-electron chi connectivity index (χ0n) is 9.60. The van der Waals surface area contributed by atoms with Crippen LogP contribution in [0.4, 0.5) is 14.7 Å². The Balaban J connectivity index is 2.38. The lowest BCUT2D eigenvalue weighted by molar-refractivity contribution is -0.0498. The number of hydrogen-bond acceptors (Lipinski definition) is 4. The van der Waals surface area contributed by atoms with Crippen LogP contribution in [-0.2, 0) is 0 Å². The second-order valence-corrected chi connectivity index (χ2v) is 3.66. The van der Waals surface area contributed by atoms with Crippen molar-refractivity contribution in [1.82, 2.24) is 9.97 Å². The molecule has 0 atom stereocenters. The van der Waals surface area contributed by atoms with Gasteiger partial charge in [0.15, 0.2) is 0 Å². The van der Waals surface area contributed by atoms with E-state index in [1.54, 1.807) is 25.1 Å². The highest BCUT2D eigenvalue weighted by Gasteiger charge is 2.07. The zero-order valence-corrected chi connectivity index (χ0v) is 9.60. The van der Waals surface area contributed by atoms with Gasteiger partial charge in [-0.15, -0.1) is 0 Å². The van der Waals surface area contributed by atoms with Crippen molar-refractivity contribution in [3.05, 3.63) is 36.0 Å². The topological polar surface area (TPSA) is 61.0 Å². The lowest BCUT2D eigenvalue weighted by atomic mass is 10.1. The summed E-state index contributed by atoms with van der Waals surface area (Å²) < 4.78 is 28.6. The first-order chi connectivity index (χ1) is 8.54. The second-order valence-electron chi connectivity index (χ2n) is 3.66. The predicted molar refractivity (Wildman–Crippen MR) is 63.2 cm³/mol. The van der Waals surface area contributed by atoms with Gasteiger partial charge in [-0.3, -0.25) is 0 Å². The molecular formula is C12H11F2N3O. The van der Waals surface area contributed by atoms with Crippen LogP contribution >= 0.6 is 0 Å². The van der Waals surface area contributed by atoms with Crippen LogP contribution in [-0.4, -0.2) is 16.6 Å². The molecule has 94 valence electrons. The fraction of sp³-hybridized carbons (Fsp3) is 0.167. The molecule has 2 aromatic rings. The molecule has 0 fully saturated rings. The van der Waals surface area contributed by atoms with E-state index in [2.05, 4.69) is 14.7 Å². The molecule has 0 amide bonds. The van der Waals surface area contributed by atoms with E-state index < -0.39 is 6.61 Å². The van der Waals surface area contributed by atoms with Gasteiger partial charge in [-0.1, -0.05) is 12.1 Å². The number of rotatable bonds is 3. The van der Waals surface area contributed by atoms with Gasteiger partial charge in [0.1, 0.15) is 5.75 Å². The van der Waals surface area contributed by atoms with Gasteiger partial charge < -0.3 is 10.5 Å². The van der Waals surface area contributed by atoms with Crippen LogP contribution < -0.4 is 10.5 Å². The molecule has 4 nitrogen and oxygen atoms in total. The molecule has 2 rings (SSSR count). The minimum absolute atomic E-state index is 0.0809. The van der Waals surface area contributed by atoms with E-state index in [-0.39, 0.29) is 11.7 Å². The van der Waals surface area contributed by atoms with Crippen LogP contribution in [0.1, 0.15) is 5.69 Å². The fourth-order valence-corrected chi connectivity index (χ4v) is 1.57. The molecule has 2 N–H and O–H groups in total. The van der Waals surface area contributed by atoms with Gasteiger partial charge in [-0.05, 0) is 25.1 Å². The summed E-state index contributed by atoms with van der Waals surface area (Å²) in [6.45, 7) is -1.07. The molecule has 18 heavy (non-hydrogen) atoms. The number of aromatic nitrogens is 2. The standard InChI is InChI=1S/C12H11F2N3O/c1-7-5-10(17-12(15)16-7)8-3-2-4-9(6-8)18-11(13)14/h2-6,11H,1H3,(H2,15,16,17). The number of benzene rings is 1. The second kappa shape index (κ2) is 4.95. The normalized spacial score (nSPS) is 10.7. The van der Waals surface area contributed by atoms with Gasteiger partial charge in [0.2, 0.25) is 5.95 Å². The number of aryl methyl sites for hydroxylation is 1. The quantitative estimate of drug-likeness (QED) is 0.910. The maximum absolute atomic E-state index is 12.1. The maximum Gasteiger partial charge on any atom is 0.387 e. The third-order valence-electron chi connectivity index (χ3n) is 2.23. The van der Waals surface area contributed by atoms with Crippen molar-refractivity contribution in [3.63, 3.8) is 0 Å². The average molecular weight is 251 g/mol. The van der Waals surface area contributed by atoms with Gasteiger partial charge in [-0.2, -0.15) is 8.78 Å². The Morgan fingerprint density at radius 2 is 2.00 bits per heavy atom. The number of alkyl halides is 2. The molecule has 6 heteroatoms. The number of halogens is 2. The van der Waals surface area contributed by atoms with Crippen molar-refractivity contribution in [2.75, 3.05) is 5.73 Å². The molecule has 1 aromatic carbocycles. The van der Waals surface area contributed by atoms with Crippen molar-refractivity contribution in [2.24, 2.45) is 0 Å². The van der Waals surface area contributed by atoms with Crippen molar-refractivity contribution in [2.45, 2.75) is 13.5 Å². The van der Waals surface area contributed by atoms with Crippen LogP contribution in [0.5, 0.6) is 5.75 Å². The molecule has 0 unspecified atom stereocenters. The number of anilines is 1. The van der Waals surface area contributed by atoms with E-state index in [9.17, 15) is 8.78 Å². The lowest BCUT2D eigenvalue weighted by Crippen LogP contribution is -2.02. The molecule has 0 aliphatic carbocycles. The van der Waals surface area contributed by atoms with Crippen LogP contribution in [0, 0.1) is 6.92 Å². The van der Waals surface area contributed by atoms with Crippen LogP contribution in [0.2, 0.25) is 0 Å². The highest BCUT2D eigenvalue weighted by molar-refractivity contribution is 5.62. The first kappa shape index (κ1) is 12.2. The van der Waals surface area contributed by atoms with Crippen LogP contribution in [0.3, 0.4) is 0 Å². The van der Waals surface area contributed by atoms with Crippen molar-refractivity contribution in [3.8, 4) is 17.0 Å². The summed E-state index contributed by atoms with van der Waals surface area (Å²) in [5.74, 6) is 0.225. The lowest BCUT2D eigenvalue weighted by Gasteiger charge is -2.07. The molecule has 0 saturated carbocycles. The van der Waals surface area contributed by atoms with E-state index in [4.69, 9.17) is 5.73 Å². The third-order valence-corrected chi connectivity index (χ3v) is 2.23. The Labute approximate surface area is 102 Å². The summed E-state index contributed by atoms with van der Waals surface area (Å²) >= 11 is 0. The van der Waals surface area contributed by atoms with Gasteiger partial charge in [0, 0.05) is 11.3 Å². The van der Waals surface area contributed by atoms with E-state index in [1.165, 1.54) is 12.1 Å². The largest absolute Gasteiger partial charge is 0.435 e. The van der Waals surface area contributed by atoms with Gasteiger partial charge in [0.05, 0.1) is 5.69 Å². The molecule has 0 bridgehead atoms. The third kappa shape index (κ3) is 2.91. The number of hydrogen-bond donors (Lipinski definition) is 1. The first-order valence-electron chi connectivity index (χ1n) is 5.21. The minimum atomic E-state index is -2.85. The highest BCUT2D eigenvalue weighted by atomic mass is 19.3. The molecular weight excluding hydrogens is 240 g/mol. The Morgan fingerprint density at radius 3 is 2.67 bits per heavy atom. The van der Waals surface area contributed by atoms with Crippen molar-refractivity contribution in [1.29, 1.82) is 0 Å². The fourth-order valence-electron chi connectivity index (χ4n) is 1.57. The van der Waals surface area contributed by atoms with E-state index >= 15 is 0 Å². The molecule has 1 heterocycles. The predicted octanol–water partition coefficient (Wildman–Crippen LogP) is 2.64. The summed E-state index contributed by atoms with van der Waals surface area (Å²) in [6, 6.07) is 8.00. The number of nitrogens with zero attached hydrogens (tertiary/aromatic N) is 2. The number of nitrogen functional groups attached to an aromatic ring is 1. The average Bonchev–Trinajstić information content (AvgIpc) is 2.27. The van der Waals surface area contributed by atoms with Crippen LogP contribution in [0.15, 0.2) is 30.3 Å². The minimum Gasteiger partial charge on any atom is -0.435 e. The highest BCUT2D eigenvalue weighted by Crippen LogP contribution is 2.24. The Hall–Kier alpha value is -2.24. The summed E-state index contributed by atoms with van der Waals surface area (Å²) in [4.78, 5) is 7.99. The summed E-state index contributed by atoms with van der Waals surface area (Å²) in [5.41, 5.74) is 7.46.